The molecule has 2 aromatic heterocycles. The number of hydrogen-bond donors (Lipinski definition) is 1. The molecule has 0 saturated carbocycles. The summed E-state index contributed by atoms with van der Waals surface area (Å²) in [6.07, 6.45) is 0. The Bertz CT molecular complexity index is 1120. The van der Waals surface area contributed by atoms with Crippen LogP contribution in [-0.2, 0) is 4.79 Å². The number of carbonyl (C=O) groups is 1. The van der Waals surface area contributed by atoms with Gasteiger partial charge in [0.2, 0.25) is 11.8 Å². The fourth-order valence-electron chi connectivity index (χ4n) is 2.55. The molecule has 0 unspecified atom stereocenters. The molecule has 0 radical (unpaired) electrons. The van der Waals surface area contributed by atoms with Crippen LogP contribution in [0.15, 0.2) is 63.6 Å². The lowest BCUT2D eigenvalue weighted by atomic mass is 10.1. The van der Waals surface area contributed by atoms with Crippen LogP contribution in [0.4, 0.5) is 5.13 Å². The molecule has 4 aromatic rings. The van der Waals surface area contributed by atoms with Crippen LogP contribution >= 0.6 is 23.1 Å². The topological polar surface area (TPSA) is 80.9 Å². The molecule has 1 N–H and O–H groups in total. The molecule has 2 aromatic carbocycles. The van der Waals surface area contributed by atoms with Gasteiger partial charge < -0.3 is 9.73 Å². The van der Waals surface area contributed by atoms with Gasteiger partial charge in [0.05, 0.1) is 11.4 Å². The fraction of sp³-hybridized carbons (Fsp3) is 0.143. The van der Waals surface area contributed by atoms with E-state index in [1.807, 2.05) is 67.8 Å². The molecule has 4 rings (SSSR count). The van der Waals surface area contributed by atoms with Gasteiger partial charge in [-0.05, 0) is 26.0 Å². The third-order valence-corrected chi connectivity index (χ3v) is 5.71. The SMILES string of the molecule is Cc1ccc(-c2csc(NC(=O)CSc3nnc(-c4ccc(C)cc4)o3)n2)cc1. The van der Waals surface area contributed by atoms with Crippen LogP contribution in [0.5, 0.6) is 0 Å². The highest BCUT2D eigenvalue weighted by Gasteiger charge is 2.13. The first kappa shape index (κ1) is 19.4. The standard InChI is InChI=1S/C21H18N4O2S2/c1-13-3-7-15(8-4-13)17-11-28-20(22-17)23-18(26)12-29-21-25-24-19(27-21)16-9-5-14(2)6-10-16/h3-11H,12H2,1-2H3,(H,22,23,26). The van der Waals surface area contributed by atoms with E-state index in [-0.39, 0.29) is 11.7 Å². The molecule has 0 spiro atoms. The average molecular weight is 423 g/mol. The van der Waals surface area contributed by atoms with Crippen molar-refractivity contribution < 1.29 is 9.21 Å². The van der Waals surface area contributed by atoms with Gasteiger partial charge in [-0.15, -0.1) is 21.5 Å². The summed E-state index contributed by atoms with van der Waals surface area (Å²) >= 11 is 2.59. The Labute approximate surface area is 176 Å². The average Bonchev–Trinajstić information content (AvgIpc) is 3.37. The number of benzene rings is 2. The number of aromatic nitrogens is 3. The van der Waals surface area contributed by atoms with E-state index in [1.165, 1.54) is 28.7 Å². The van der Waals surface area contributed by atoms with Gasteiger partial charge in [0, 0.05) is 16.5 Å². The number of nitrogens with zero attached hydrogens (tertiary/aromatic N) is 3. The van der Waals surface area contributed by atoms with Gasteiger partial charge in [-0.1, -0.05) is 59.3 Å². The molecule has 0 saturated heterocycles. The summed E-state index contributed by atoms with van der Waals surface area (Å²) < 4.78 is 5.63. The predicted molar refractivity (Wildman–Crippen MR) is 116 cm³/mol. The molecule has 8 heteroatoms. The maximum atomic E-state index is 12.2. The zero-order valence-corrected chi connectivity index (χ0v) is 17.5. The first-order valence-electron chi connectivity index (χ1n) is 8.92. The van der Waals surface area contributed by atoms with Crippen molar-refractivity contribution in [2.45, 2.75) is 19.1 Å². The summed E-state index contributed by atoms with van der Waals surface area (Å²) in [6, 6.07) is 15.9. The maximum Gasteiger partial charge on any atom is 0.277 e. The molecule has 2 heterocycles. The molecular formula is C21H18N4O2S2. The summed E-state index contributed by atoms with van der Waals surface area (Å²) in [5.74, 6) is 0.431. The highest BCUT2D eigenvalue weighted by Crippen LogP contribution is 2.26. The number of aryl methyl sites for hydroxylation is 2. The quantitative estimate of drug-likeness (QED) is 0.430. The third-order valence-electron chi connectivity index (χ3n) is 4.13. The number of amides is 1. The first-order chi connectivity index (χ1) is 14.1. The smallest absolute Gasteiger partial charge is 0.277 e. The van der Waals surface area contributed by atoms with Crippen LogP contribution in [0.3, 0.4) is 0 Å². The van der Waals surface area contributed by atoms with Crippen LogP contribution in [-0.4, -0.2) is 26.8 Å². The van der Waals surface area contributed by atoms with Crippen molar-refractivity contribution in [1.29, 1.82) is 0 Å². The van der Waals surface area contributed by atoms with Crippen molar-refractivity contribution in [3.05, 3.63) is 65.0 Å². The fourth-order valence-corrected chi connectivity index (χ4v) is 3.85. The molecule has 29 heavy (non-hydrogen) atoms. The van der Waals surface area contributed by atoms with E-state index in [9.17, 15) is 4.79 Å². The Hall–Kier alpha value is -2.97. The zero-order valence-electron chi connectivity index (χ0n) is 15.9. The zero-order chi connectivity index (χ0) is 20.2. The van der Waals surface area contributed by atoms with E-state index in [0.717, 1.165) is 22.4 Å². The largest absolute Gasteiger partial charge is 0.411 e. The lowest BCUT2D eigenvalue weighted by Crippen LogP contribution is -2.13. The molecular weight excluding hydrogens is 404 g/mol. The Kier molecular flexibility index (Phi) is 5.73. The number of rotatable bonds is 6. The van der Waals surface area contributed by atoms with Crippen LogP contribution in [0.25, 0.3) is 22.7 Å². The van der Waals surface area contributed by atoms with E-state index in [1.54, 1.807) is 0 Å². The minimum Gasteiger partial charge on any atom is -0.411 e. The maximum absolute atomic E-state index is 12.2. The van der Waals surface area contributed by atoms with E-state index in [2.05, 4.69) is 20.5 Å². The molecule has 0 aliphatic rings. The molecule has 0 atom stereocenters. The van der Waals surface area contributed by atoms with Crippen molar-refractivity contribution in [3.63, 3.8) is 0 Å². The highest BCUT2D eigenvalue weighted by molar-refractivity contribution is 7.99. The van der Waals surface area contributed by atoms with E-state index < -0.39 is 0 Å². The number of hydrogen-bond acceptors (Lipinski definition) is 7. The molecule has 0 fully saturated rings. The van der Waals surface area contributed by atoms with Crippen molar-refractivity contribution in [1.82, 2.24) is 15.2 Å². The Morgan fingerprint density at radius 2 is 1.66 bits per heavy atom. The summed E-state index contributed by atoms with van der Waals surface area (Å²) in [5, 5.41) is 13.7. The van der Waals surface area contributed by atoms with E-state index in [4.69, 9.17) is 4.42 Å². The lowest BCUT2D eigenvalue weighted by molar-refractivity contribution is -0.113. The third kappa shape index (κ3) is 4.90. The number of thioether (sulfide) groups is 1. The van der Waals surface area contributed by atoms with Crippen LogP contribution in [0.2, 0.25) is 0 Å². The summed E-state index contributed by atoms with van der Waals surface area (Å²) in [4.78, 5) is 16.7. The van der Waals surface area contributed by atoms with Gasteiger partial charge in [0.1, 0.15) is 0 Å². The first-order valence-corrected chi connectivity index (χ1v) is 10.8. The monoisotopic (exact) mass is 422 g/mol. The minimum absolute atomic E-state index is 0.162. The van der Waals surface area contributed by atoms with E-state index in [0.29, 0.717) is 16.2 Å². The second-order valence-electron chi connectivity index (χ2n) is 6.48. The van der Waals surface area contributed by atoms with E-state index >= 15 is 0 Å². The van der Waals surface area contributed by atoms with Gasteiger partial charge in [-0.3, -0.25) is 4.79 Å². The molecule has 146 valence electrons. The summed E-state index contributed by atoms with van der Waals surface area (Å²) in [7, 11) is 0. The van der Waals surface area contributed by atoms with Crippen LogP contribution in [0.1, 0.15) is 11.1 Å². The number of nitrogens with one attached hydrogen (secondary N) is 1. The molecule has 0 bridgehead atoms. The van der Waals surface area contributed by atoms with Crippen molar-refractivity contribution in [3.8, 4) is 22.7 Å². The molecule has 0 aliphatic heterocycles. The van der Waals surface area contributed by atoms with Crippen molar-refractivity contribution >= 4 is 34.1 Å². The molecule has 6 nitrogen and oxygen atoms in total. The predicted octanol–water partition coefficient (Wildman–Crippen LogP) is 5.21. The molecule has 1 amide bonds. The van der Waals surface area contributed by atoms with Gasteiger partial charge in [0.15, 0.2) is 5.13 Å². The Morgan fingerprint density at radius 1 is 1.00 bits per heavy atom. The number of carbonyl (C=O) groups excluding carboxylic acids is 1. The van der Waals surface area contributed by atoms with Gasteiger partial charge in [0.25, 0.3) is 5.22 Å². The molecule has 0 aliphatic carbocycles. The summed E-state index contributed by atoms with van der Waals surface area (Å²) in [5.41, 5.74) is 5.08. The Balaban J connectivity index is 1.33. The highest BCUT2D eigenvalue weighted by atomic mass is 32.2. The lowest BCUT2D eigenvalue weighted by Gasteiger charge is -2.00. The number of thiazole rings is 1. The minimum atomic E-state index is -0.171. The van der Waals surface area contributed by atoms with Gasteiger partial charge >= 0.3 is 0 Å². The van der Waals surface area contributed by atoms with Crippen molar-refractivity contribution in [2.75, 3.05) is 11.1 Å². The number of anilines is 1. The second-order valence-corrected chi connectivity index (χ2v) is 8.26. The normalized spacial score (nSPS) is 10.8. The Morgan fingerprint density at radius 3 is 2.34 bits per heavy atom. The van der Waals surface area contributed by atoms with Gasteiger partial charge in [-0.25, -0.2) is 4.98 Å². The summed E-state index contributed by atoms with van der Waals surface area (Å²) in [6.45, 7) is 4.06. The van der Waals surface area contributed by atoms with Crippen LogP contribution in [0, 0.1) is 13.8 Å². The van der Waals surface area contributed by atoms with Crippen molar-refractivity contribution in [2.24, 2.45) is 0 Å². The van der Waals surface area contributed by atoms with Gasteiger partial charge in [-0.2, -0.15) is 0 Å². The second kappa shape index (κ2) is 8.59. The van der Waals surface area contributed by atoms with Crippen LogP contribution < -0.4 is 5.32 Å².